The lowest BCUT2D eigenvalue weighted by Gasteiger charge is -2.16. The predicted octanol–water partition coefficient (Wildman–Crippen LogP) is 2.55. The molecule has 0 radical (unpaired) electrons. The summed E-state index contributed by atoms with van der Waals surface area (Å²) in [5.41, 5.74) is 8.78. The van der Waals surface area contributed by atoms with Gasteiger partial charge >= 0.3 is 0 Å². The van der Waals surface area contributed by atoms with Crippen LogP contribution in [0.4, 0.5) is 0 Å². The monoisotopic (exact) mass is 273 g/mol. The van der Waals surface area contributed by atoms with Crippen LogP contribution in [0.1, 0.15) is 11.7 Å². The zero-order chi connectivity index (χ0) is 14.5. The molecule has 2 atom stereocenters. The summed E-state index contributed by atoms with van der Waals surface area (Å²) in [6, 6.07) is 11.0. The van der Waals surface area contributed by atoms with E-state index in [0.29, 0.717) is 5.56 Å². The van der Waals surface area contributed by atoms with Gasteiger partial charge in [0, 0.05) is 4.91 Å². The molecule has 0 saturated heterocycles. The SMILES string of the molecule is COc1ccc2cc(C(O)C(O)CN=[N+]=[N-])ccc2c1. The number of benzene rings is 2. The highest BCUT2D eigenvalue weighted by Crippen LogP contribution is 2.25. The van der Waals surface area contributed by atoms with Gasteiger partial charge in [-0.05, 0) is 40.1 Å². The van der Waals surface area contributed by atoms with Gasteiger partial charge in [0.1, 0.15) is 11.9 Å². The molecule has 2 unspecified atom stereocenters. The molecule has 6 nitrogen and oxygen atoms in total. The van der Waals surface area contributed by atoms with Gasteiger partial charge in [-0.3, -0.25) is 0 Å². The lowest BCUT2D eigenvalue weighted by molar-refractivity contribution is 0.0245. The Bertz CT molecular complexity index is 653. The molecule has 0 aliphatic heterocycles. The number of aliphatic hydroxyl groups is 2. The van der Waals surface area contributed by atoms with Crippen molar-refractivity contribution in [2.75, 3.05) is 13.7 Å². The van der Waals surface area contributed by atoms with Gasteiger partial charge in [0.25, 0.3) is 0 Å². The molecule has 6 heteroatoms. The number of ether oxygens (including phenoxy) is 1. The second-order valence-corrected chi connectivity index (χ2v) is 4.40. The smallest absolute Gasteiger partial charge is 0.119 e. The van der Waals surface area contributed by atoms with Crippen LogP contribution in [0.3, 0.4) is 0 Å². The summed E-state index contributed by atoms with van der Waals surface area (Å²) in [5.74, 6) is 0.759. The topological polar surface area (TPSA) is 98.5 Å². The summed E-state index contributed by atoms with van der Waals surface area (Å²) >= 11 is 0. The van der Waals surface area contributed by atoms with Gasteiger partial charge < -0.3 is 14.9 Å². The van der Waals surface area contributed by atoms with Crippen LogP contribution in [0, 0.1) is 0 Å². The third kappa shape index (κ3) is 3.00. The Balaban J connectivity index is 2.29. The molecule has 2 aromatic rings. The van der Waals surface area contributed by atoms with Gasteiger partial charge in [0.05, 0.1) is 19.8 Å². The number of azide groups is 1. The van der Waals surface area contributed by atoms with Gasteiger partial charge in [-0.15, -0.1) is 0 Å². The Morgan fingerprint density at radius 2 is 1.90 bits per heavy atom. The molecule has 0 aliphatic rings. The minimum atomic E-state index is -1.12. The highest BCUT2D eigenvalue weighted by molar-refractivity contribution is 5.84. The number of hydrogen-bond acceptors (Lipinski definition) is 4. The standard InChI is InChI=1S/C14H15N3O3/c1-20-12-5-4-9-6-11(3-2-10(9)7-12)14(19)13(18)8-16-17-15/h2-7,13-14,18-19H,8H2,1H3. The summed E-state index contributed by atoms with van der Waals surface area (Å²) in [5, 5.41) is 24.9. The molecule has 104 valence electrons. The van der Waals surface area contributed by atoms with Gasteiger partial charge in [0.15, 0.2) is 0 Å². The van der Waals surface area contributed by atoms with E-state index >= 15 is 0 Å². The van der Waals surface area contributed by atoms with Gasteiger partial charge in [-0.1, -0.05) is 23.3 Å². The maximum atomic E-state index is 10.0. The summed E-state index contributed by atoms with van der Waals surface area (Å²) < 4.78 is 5.15. The molecule has 2 N–H and O–H groups in total. The third-order valence-corrected chi connectivity index (χ3v) is 3.11. The molecule has 0 amide bonds. The largest absolute Gasteiger partial charge is 0.497 e. The highest BCUT2D eigenvalue weighted by atomic mass is 16.5. The molecule has 0 bridgehead atoms. The minimum absolute atomic E-state index is 0.168. The summed E-state index contributed by atoms with van der Waals surface area (Å²) in [4.78, 5) is 2.56. The molecule has 2 rings (SSSR count). The second-order valence-electron chi connectivity index (χ2n) is 4.40. The zero-order valence-corrected chi connectivity index (χ0v) is 11.0. The fourth-order valence-electron chi connectivity index (χ4n) is 2.00. The summed E-state index contributed by atoms with van der Waals surface area (Å²) in [6.45, 7) is -0.168. The van der Waals surface area contributed by atoms with Gasteiger partial charge in [0.2, 0.25) is 0 Å². The van der Waals surface area contributed by atoms with Crippen LogP contribution in [0.25, 0.3) is 21.2 Å². The molecule has 0 heterocycles. The van der Waals surface area contributed by atoms with E-state index in [0.717, 1.165) is 16.5 Å². The van der Waals surface area contributed by atoms with E-state index in [-0.39, 0.29) is 6.54 Å². The normalized spacial score (nSPS) is 13.6. The van der Waals surface area contributed by atoms with Crippen LogP contribution in [0.5, 0.6) is 5.75 Å². The molecular weight excluding hydrogens is 258 g/mol. The number of nitrogens with zero attached hydrogens (tertiary/aromatic N) is 3. The predicted molar refractivity (Wildman–Crippen MR) is 75.5 cm³/mol. The van der Waals surface area contributed by atoms with E-state index in [2.05, 4.69) is 10.0 Å². The van der Waals surface area contributed by atoms with Crippen molar-refractivity contribution < 1.29 is 14.9 Å². The van der Waals surface area contributed by atoms with Crippen molar-refractivity contribution in [3.8, 4) is 5.75 Å². The fraction of sp³-hybridized carbons (Fsp3) is 0.286. The minimum Gasteiger partial charge on any atom is -0.497 e. The average molecular weight is 273 g/mol. The number of methoxy groups -OCH3 is 1. The van der Waals surface area contributed by atoms with E-state index in [1.165, 1.54) is 0 Å². The van der Waals surface area contributed by atoms with Gasteiger partial charge in [-0.2, -0.15) is 0 Å². The number of aliphatic hydroxyl groups excluding tert-OH is 2. The van der Waals surface area contributed by atoms with E-state index in [1.54, 1.807) is 19.2 Å². The molecular formula is C14H15N3O3. The Kier molecular flexibility index (Phi) is 4.42. The van der Waals surface area contributed by atoms with Crippen molar-refractivity contribution >= 4 is 10.8 Å². The molecule has 0 aliphatic carbocycles. The Morgan fingerprint density at radius 1 is 1.20 bits per heavy atom. The number of fused-ring (bicyclic) bond motifs is 1. The van der Waals surface area contributed by atoms with Crippen molar-refractivity contribution in [2.24, 2.45) is 5.11 Å². The van der Waals surface area contributed by atoms with Crippen LogP contribution in [0.15, 0.2) is 41.5 Å². The van der Waals surface area contributed by atoms with E-state index in [9.17, 15) is 10.2 Å². The van der Waals surface area contributed by atoms with Crippen LogP contribution in [0.2, 0.25) is 0 Å². The van der Waals surface area contributed by atoms with Crippen molar-refractivity contribution in [3.63, 3.8) is 0 Å². The zero-order valence-electron chi connectivity index (χ0n) is 11.0. The second kappa shape index (κ2) is 6.25. The fourth-order valence-corrected chi connectivity index (χ4v) is 2.00. The first-order valence-electron chi connectivity index (χ1n) is 6.10. The summed E-state index contributed by atoms with van der Waals surface area (Å²) in [7, 11) is 1.60. The quantitative estimate of drug-likeness (QED) is 0.497. The first-order valence-corrected chi connectivity index (χ1v) is 6.10. The lowest BCUT2D eigenvalue weighted by atomic mass is 10.0. The molecule has 2 aromatic carbocycles. The van der Waals surface area contributed by atoms with E-state index in [4.69, 9.17) is 10.3 Å². The average Bonchev–Trinajstić information content (AvgIpc) is 2.50. The summed E-state index contributed by atoms with van der Waals surface area (Å²) in [6.07, 6.45) is -2.21. The molecule has 0 fully saturated rings. The van der Waals surface area contributed by atoms with Gasteiger partial charge in [-0.25, -0.2) is 0 Å². The van der Waals surface area contributed by atoms with Crippen molar-refractivity contribution in [3.05, 3.63) is 52.4 Å². The Labute approximate surface area is 115 Å². The van der Waals surface area contributed by atoms with Crippen LogP contribution < -0.4 is 4.74 Å². The first kappa shape index (κ1) is 14.1. The maximum absolute atomic E-state index is 10.0. The Hall–Kier alpha value is -2.27. The van der Waals surface area contributed by atoms with Crippen LogP contribution >= 0.6 is 0 Å². The van der Waals surface area contributed by atoms with Crippen molar-refractivity contribution in [1.29, 1.82) is 0 Å². The highest BCUT2D eigenvalue weighted by Gasteiger charge is 2.17. The molecule has 20 heavy (non-hydrogen) atoms. The van der Waals surface area contributed by atoms with Crippen molar-refractivity contribution in [2.45, 2.75) is 12.2 Å². The Morgan fingerprint density at radius 3 is 2.60 bits per heavy atom. The molecule has 0 saturated carbocycles. The third-order valence-electron chi connectivity index (χ3n) is 3.11. The number of hydrogen-bond donors (Lipinski definition) is 2. The van der Waals surface area contributed by atoms with Crippen LogP contribution in [-0.2, 0) is 0 Å². The van der Waals surface area contributed by atoms with Crippen LogP contribution in [-0.4, -0.2) is 30.0 Å². The molecule has 0 aromatic heterocycles. The lowest BCUT2D eigenvalue weighted by Crippen LogP contribution is -2.21. The molecule has 0 spiro atoms. The first-order chi connectivity index (χ1) is 9.65. The van der Waals surface area contributed by atoms with Crippen molar-refractivity contribution in [1.82, 2.24) is 0 Å². The van der Waals surface area contributed by atoms with E-state index < -0.39 is 12.2 Å². The van der Waals surface area contributed by atoms with E-state index in [1.807, 2.05) is 24.3 Å². The maximum Gasteiger partial charge on any atom is 0.119 e. The number of rotatable bonds is 5.